The van der Waals surface area contributed by atoms with Crippen molar-refractivity contribution in [3.8, 4) is 22.4 Å². The van der Waals surface area contributed by atoms with Gasteiger partial charge in [0.15, 0.2) is 0 Å². The molecular formula is C21H21BiN+. The van der Waals surface area contributed by atoms with Gasteiger partial charge in [-0.05, 0) is 0 Å². The maximum atomic E-state index is 2.54. The molecule has 0 N–H and O–H groups in total. The van der Waals surface area contributed by atoms with Gasteiger partial charge in [0.05, 0.1) is 0 Å². The molecule has 1 aliphatic heterocycles. The summed E-state index contributed by atoms with van der Waals surface area (Å²) in [4.78, 5) is 0. The molecule has 23 heavy (non-hydrogen) atoms. The molecule has 0 saturated heterocycles. The van der Waals surface area contributed by atoms with Crippen LogP contribution in [0.5, 0.6) is 0 Å². The van der Waals surface area contributed by atoms with Crippen molar-refractivity contribution < 1.29 is 4.57 Å². The Morgan fingerprint density at radius 2 is 1.65 bits per heavy atom. The third-order valence-electron chi connectivity index (χ3n) is 4.81. The number of rotatable bonds is 1. The van der Waals surface area contributed by atoms with Crippen LogP contribution in [0, 0.1) is 13.8 Å². The molecule has 2 aromatic carbocycles. The molecule has 1 aromatic heterocycles. The Bertz CT molecular complexity index is 927. The van der Waals surface area contributed by atoms with E-state index in [1.807, 2.05) is 0 Å². The summed E-state index contributed by atoms with van der Waals surface area (Å²) in [6.45, 7) is 4.42. The van der Waals surface area contributed by atoms with E-state index in [9.17, 15) is 0 Å². The predicted octanol–water partition coefficient (Wildman–Crippen LogP) is 3.01. The third-order valence-corrected chi connectivity index (χ3v) is 13.6. The van der Waals surface area contributed by atoms with E-state index in [2.05, 4.69) is 84.8 Å². The van der Waals surface area contributed by atoms with E-state index in [1.165, 1.54) is 33.5 Å². The number of pyridine rings is 1. The van der Waals surface area contributed by atoms with Crippen LogP contribution >= 0.6 is 0 Å². The molecule has 4 rings (SSSR count). The van der Waals surface area contributed by atoms with Gasteiger partial charge >= 0.3 is 147 Å². The Morgan fingerprint density at radius 3 is 2.43 bits per heavy atom. The minimum atomic E-state index is -1.86. The Balaban J connectivity index is 2.04. The summed E-state index contributed by atoms with van der Waals surface area (Å²) in [5, 5.41) is 0. The van der Waals surface area contributed by atoms with Gasteiger partial charge in [-0.15, -0.1) is 0 Å². The molecule has 0 atom stereocenters. The van der Waals surface area contributed by atoms with Crippen molar-refractivity contribution in [3.05, 3.63) is 65.9 Å². The quantitative estimate of drug-likeness (QED) is 0.361. The van der Waals surface area contributed by atoms with Crippen molar-refractivity contribution in [2.45, 2.75) is 18.5 Å². The molecule has 0 radical (unpaired) electrons. The van der Waals surface area contributed by atoms with Gasteiger partial charge in [-0.25, -0.2) is 0 Å². The standard InChI is InChI=1S/C20H18N.CH3.Bi/c1-15-9-12-20(21(3)14-15)19-13-18(11-10-16(19)2)17-7-5-4-6-8-17;;/h4-7,9-12,14H,1-3H3;1H3;/q+1;;. The molecule has 114 valence electrons. The van der Waals surface area contributed by atoms with E-state index in [0.29, 0.717) is 0 Å². The first kappa shape index (κ1) is 15.0. The summed E-state index contributed by atoms with van der Waals surface area (Å²) < 4.78 is 8.16. The molecule has 0 fully saturated rings. The van der Waals surface area contributed by atoms with Crippen molar-refractivity contribution in [1.82, 2.24) is 0 Å². The second kappa shape index (κ2) is 5.53. The van der Waals surface area contributed by atoms with E-state index >= 15 is 0 Å². The summed E-state index contributed by atoms with van der Waals surface area (Å²) in [6.07, 6.45) is 2.23. The van der Waals surface area contributed by atoms with E-state index in [1.54, 1.807) is 6.54 Å². The second-order valence-electron chi connectivity index (χ2n) is 6.43. The minimum absolute atomic E-state index is 1.31. The summed E-state index contributed by atoms with van der Waals surface area (Å²) in [6, 6.07) is 18.2. The van der Waals surface area contributed by atoms with Crippen molar-refractivity contribution >= 4 is 28.3 Å². The van der Waals surface area contributed by atoms with Crippen molar-refractivity contribution in [1.29, 1.82) is 0 Å². The zero-order chi connectivity index (χ0) is 16.1. The van der Waals surface area contributed by atoms with E-state index in [-0.39, 0.29) is 0 Å². The molecule has 0 saturated carbocycles. The number of aryl methyl sites for hydroxylation is 3. The van der Waals surface area contributed by atoms with E-state index in [4.69, 9.17) is 0 Å². The number of benzene rings is 2. The number of hydrogen-bond acceptors (Lipinski definition) is 0. The van der Waals surface area contributed by atoms with Crippen molar-refractivity contribution in [3.63, 3.8) is 0 Å². The van der Waals surface area contributed by atoms with Crippen LogP contribution in [0.2, 0.25) is 4.63 Å². The van der Waals surface area contributed by atoms with Crippen LogP contribution in [0.4, 0.5) is 0 Å². The predicted molar refractivity (Wildman–Crippen MR) is 98.9 cm³/mol. The zero-order valence-corrected chi connectivity index (χ0v) is 17.6. The summed E-state index contributed by atoms with van der Waals surface area (Å²) >= 11 is -1.86. The Labute approximate surface area is 146 Å². The van der Waals surface area contributed by atoms with Crippen LogP contribution in [-0.4, -0.2) is 21.8 Å². The second-order valence-corrected chi connectivity index (χ2v) is 14.4. The van der Waals surface area contributed by atoms with Crippen molar-refractivity contribution in [2.24, 2.45) is 7.05 Å². The van der Waals surface area contributed by atoms with Gasteiger partial charge in [-0.3, -0.25) is 0 Å². The molecule has 1 aliphatic rings. The van der Waals surface area contributed by atoms with Gasteiger partial charge in [0.2, 0.25) is 0 Å². The number of aromatic nitrogens is 1. The molecule has 2 heteroatoms. The Hall–Kier alpha value is -1.53. The van der Waals surface area contributed by atoms with E-state index < -0.39 is 21.8 Å². The van der Waals surface area contributed by atoms with Crippen LogP contribution in [0.3, 0.4) is 0 Å². The third kappa shape index (κ3) is 2.27. The molecule has 2 heterocycles. The molecule has 3 aromatic rings. The average Bonchev–Trinajstić information content (AvgIpc) is 2.82. The fraction of sp³-hybridized carbons (Fsp3) is 0.190. The maximum absolute atomic E-state index is 2.54. The van der Waals surface area contributed by atoms with Crippen LogP contribution < -0.4 is 11.1 Å². The van der Waals surface area contributed by atoms with Gasteiger partial charge < -0.3 is 0 Å². The van der Waals surface area contributed by atoms with Gasteiger partial charge in [0.1, 0.15) is 0 Å². The summed E-state index contributed by atoms with van der Waals surface area (Å²) in [5.41, 5.74) is 8.51. The first-order valence-corrected chi connectivity index (χ1v) is 15.0. The van der Waals surface area contributed by atoms with Gasteiger partial charge in [-0.1, -0.05) is 0 Å². The first-order chi connectivity index (χ1) is 11.1. The first-order valence-electron chi connectivity index (χ1n) is 8.01. The summed E-state index contributed by atoms with van der Waals surface area (Å²) in [5.74, 6) is 0. The van der Waals surface area contributed by atoms with Crippen LogP contribution in [0.1, 0.15) is 11.1 Å². The molecule has 0 amide bonds. The molecule has 1 nitrogen and oxygen atoms in total. The molecule has 0 bridgehead atoms. The Kier molecular flexibility index (Phi) is 3.61. The Morgan fingerprint density at radius 1 is 0.870 bits per heavy atom. The van der Waals surface area contributed by atoms with E-state index in [0.717, 1.165) is 0 Å². The fourth-order valence-corrected chi connectivity index (χ4v) is 12.6. The summed E-state index contributed by atoms with van der Waals surface area (Å²) in [7, 11) is 2.17. The zero-order valence-electron chi connectivity index (χ0n) is 14.1. The molecule has 0 unspecified atom stereocenters. The molecule has 0 aliphatic carbocycles. The van der Waals surface area contributed by atoms with Crippen LogP contribution in [0.25, 0.3) is 22.4 Å². The number of hydrogen-bond donors (Lipinski definition) is 0. The van der Waals surface area contributed by atoms with Gasteiger partial charge in [0.25, 0.3) is 0 Å². The van der Waals surface area contributed by atoms with Crippen LogP contribution in [-0.2, 0) is 7.05 Å². The van der Waals surface area contributed by atoms with Crippen molar-refractivity contribution in [2.75, 3.05) is 0 Å². The molecular weight excluding hydrogens is 475 g/mol. The monoisotopic (exact) mass is 496 g/mol. The average molecular weight is 496 g/mol. The topological polar surface area (TPSA) is 3.88 Å². The number of nitrogens with zero attached hydrogens (tertiary/aromatic N) is 1. The normalized spacial score (nSPS) is 13.0. The molecule has 0 spiro atoms. The van der Waals surface area contributed by atoms with Gasteiger partial charge in [-0.2, -0.15) is 0 Å². The fourth-order valence-electron chi connectivity index (χ4n) is 3.70. The number of fused-ring (bicyclic) bond motifs is 3. The SMILES string of the molecule is Cc1ccc(-c2c(C)ccc3[c]2[Bi]([CH3])[c]2ccccc2-3)[n+](C)c1. The van der Waals surface area contributed by atoms with Crippen LogP contribution in [0.15, 0.2) is 54.7 Å². The van der Waals surface area contributed by atoms with Gasteiger partial charge in [0, 0.05) is 0 Å².